The Morgan fingerprint density at radius 1 is 1.30 bits per heavy atom. The summed E-state index contributed by atoms with van der Waals surface area (Å²) in [7, 11) is 1.71. The van der Waals surface area contributed by atoms with Crippen molar-refractivity contribution >= 4 is 17.1 Å². The van der Waals surface area contributed by atoms with E-state index < -0.39 is 0 Å². The lowest BCUT2D eigenvalue weighted by Gasteiger charge is -2.27. The lowest BCUT2D eigenvalue weighted by atomic mass is 10.0. The molecule has 0 bridgehead atoms. The van der Waals surface area contributed by atoms with Crippen LogP contribution in [0, 0.1) is 16.0 Å². The van der Waals surface area contributed by atoms with Crippen molar-refractivity contribution < 1.29 is 4.92 Å². The predicted octanol–water partition coefficient (Wildman–Crippen LogP) is 3.90. The molecule has 0 unspecified atom stereocenters. The number of benzene rings is 1. The van der Waals surface area contributed by atoms with E-state index in [0.717, 1.165) is 25.9 Å². The molecule has 0 heterocycles. The summed E-state index contributed by atoms with van der Waals surface area (Å²) in [5.74, 6) is 0.563. The van der Waals surface area contributed by atoms with Gasteiger partial charge in [-0.3, -0.25) is 10.1 Å². The number of nitro benzene ring substituents is 1. The highest BCUT2D eigenvalue weighted by Gasteiger charge is 2.23. The number of hydrogen-bond donors (Lipinski definition) is 1. The highest BCUT2D eigenvalue weighted by atomic mass is 16.6. The molecule has 1 aromatic carbocycles. The van der Waals surface area contributed by atoms with Crippen LogP contribution >= 0.6 is 0 Å². The summed E-state index contributed by atoms with van der Waals surface area (Å²) in [6.07, 6.45) is 2.18. The van der Waals surface area contributed by atoms with Crippen LogP contribution in [0.25, 0.3) is 0 Å². The number of nitrogens with zero attached hydrogens (tertiary/aromatic N) is 2. The zero-order valence-corrected chi connectivity index (χ0v) is 12.8. The van der Waals surface area contributed by atoms with Gasteiger partial charge in [0.1, 0.15) is 11.4 Å². The second kappa shape index (κ2) is 7.72. The van der Waals surface area contributed by atoms with E-state index in [4.69, 9.17) is 0 Å². The second-order valence-electron chi connectivity index (χ2n) is 4.90. The van der Waals surface area contributed by atoms with Crippen LogP contribution in [0.2, 0.25) is 0 Å². The van der Waals surface area contributed by atoms with Crippen LogP contribution in [0.4, 0.5) is 17.1 Å². The monoisotopic (exact) mass is 279 g/mol. The topological polar surface area (TPSA) is 58.4 Å². The van der Waals surface area contributed by atoms with E-state index in [9.17, 15) is 10.1 Å². The molecule has 5 heteroatoms. The summed E-state index contributed by atoms with van der Waals surface area (Å²) in [6.45, 7) is 8.00. The Balaban J connectivity index is 3.17. The average molecular weight is 279 g/mol. The van der Waals surface area contributed by atoms with Crippen molar-refractivity contribution in [3.63, 3.8) is 0 Å². The predicted molar refractivity (Wildman–Crippen MR) is 84.6 cm³/mol. The fraction of sp³-hybridized carbons (Fsp3) is 0.600. The van der Waals surface area contributed by atoms with Crippen LogP contribution in [0.15, 0.2) is 18.2 Å². The molecule has 0 fully saturated rings. The van der Waals surface area contributed by atoms with E-state index in [2.05, 4.69) is 24.1 Å². The third-order valence-corrected chi connectivity index (χ3v) is 3.82. The molecular formula is C15H25N3O2. The number of nitrogens with one attached hydrogen (secondary N) is 1. The first-order chi connectivity index (χ1) is 9.58. The first-order valence-corrected chi connectivity index (χ1v) is 7.28. The van der Waals surface area contributed by atoms with Crippen LogP contribution in [0.1, 0.15) is 33.6 Å². The highest BCUT2D eigenvalue weighted by molar-refractivity contribution is 5.76. The van der Waals surface area contributed by atoms with E-state index in [0.29, 0.717) is 17.3 Å². The van der Waals surface area contributed by atoms with Gasteiger partial charge in [-0.15, -0.1) is 0 Å². The molecule has 0 atom stereocenters. The third-order valence-electron chi connectivity index (χ3n) is 3.82. The van der Waals surface area contributed by atoms with Gasteiger partial charge in [-0.25, -0.2) is 0 Å². The van der Waals surface area contributed by atoms with Crippen LogP contribution in [-0.2, 0) is 0 Å². The van der Waals surface area contributed by atoms with Gasteiger partial charge in [0.15, 0.2) is 0 Å². The van der Waals surface area contributed by atoms with Gasteiger partial charge < -0.3 is 10.2 Å². The molecule has 0 spiro atoms. The molecule has 112 valence electrons. The number of anilines is 2. The Kier molecular flexibility index (Phi) is 6.28. The van der Waals surface area contributed by atoms with Crippen LogP contribution in [-0.4, -0.2) is 25.1 Å². The van der Waals surface area contributed by atoms with Gasteiger partial charge >= 0.3 is 5.69 Å². The molecule has 0 aromatic heterocycles. The molecule has 0 aliphatic carbocycles. The average Bonchev–Trinajstić information content (AvgIpc) is 2.47. The SMILES string of the molecule is CCC(CC)CN(CC)c1cccc(NC)c1[N+](=O)[O-]. The first-order valence-electron chi connectivity index (χ1n) is 7.28. The Morgan fingerprint density at radius 2 is 1.95 bits per heavy atom. The van der Waals surface area contributed by atoms with Crippen LogP contribution in [0.5, 0.6) is 0 Å². The summed E-state index contributed by atoms with van der Waals surface area (Å²) in [4.78, 5) is 13.2. The molecule has 0 saturated heterocycles. The zero-order chi connectivity index (χ0) is 15.1. The molecule has 20 heavy (non-hydrogen) atoms. The maximum atomic E-state index is 11.4. The van der Waals surface area contributed by atoms with Crippen molar-refractivity contribution in [2.45, 2.75) is 33.6 Å². The fourth-order valence-electron chi connectivity index (χ4n) is 2.44. The van der Waals surface area contributed by atoms with Crippen molar-refractivity contribution in [3.05, 3.63) is 28.3 Å². The van der Waals surface area contributed by atoms with Gasteiger partial charge in [-0.1, -0.05) is 32.8 Å². The van der Waals surface area contributed by atoms with Crippen molar-refractivity contribution in [1.82, 2.24) is 0 Å². The molecular weight excluding hydrogens is 254 g/mol. The fourth-order valence-corrected chi connectivity index (χ4v) is 2.44. The third kappa shape index (κ3) is 3.62. The lowest BCUT2D eigenvalue weighted by molar-refractivity contribution is -0.383. The minimum absolute atomic E-state index is 0.169. The van der Waals surface area contributed by atoms with E-state index in [1.807, 2.05) is 19.1 Å². The van der Waals surface area contributed by atoms with Gasteiger partial charge in [-0.2, -0.15) is 0 Å². The standard InChI is InChI=1S/C15H25N3O2/c1-5-12(6-2)11-17(7-3)14-10-8-9-13(16-4)15(14)18(19)20/h8-10,12,16H,5-7,11H2,1-4H3. The summed E-state index contributed by atoms with van der Waals surface area (Å²) in [5.41, 5.74) is 1.44. The van der Waals surface area contributed by atoms with Gasteiger partial charge in [-0.05, 0) is 25.0 Å². The largest absolute Gasteiger partial charge is 0.382 e. The number of nitro groups is 1. The molecule has 0 radical (unpaired) electrons. The van der Waals surface area contributed by atoms with E-state index in [-0.39, 0.29) is 10.6 Å². The van der Waals surface area contributed by atoms with Crippen molar-refractivity contribution in [3.8, 4) is 0 Å². The van der Waals surface area contributed by atoms with Gasteiger partial charge in [0.05, 0.1) is 4.92 Å². The van der Waals surface area contributed by atoms with Gasteiger partial charge in [0.25, 0.3) is 0 Å². The summed E-state index contributed by atoms with van der Waals surface area (Å²) < 4.78 is 0. The Hall–Kier alpha value is -1.78. The van der Waals surface area contributed by atoms with Crippen molar-refractivity contribution in [2.24, 2.45) is 5.92 Å². The van der Waals surface area contributed by atoms with Gasteiger partial charge in [0, 0.05) is 20.1 Å². The number of para-hydroxylation sites is 1. The lowest BCUT2D eigenvalue weighted by Crippen LogP contribution is -2.29. The van der Waals surface area contributed by atoms with Crippen LogP contribution in [0.3, 0.4) is 0 Å². The number of hydrogen-bond acceptors (Lipinski definition) is 4. The maximum Gasteiger partial charge on any atom is 0.315 e. The quantitative estimate of drug-likeness (QED) is 0.579. The molecule has 5 nitrogen and oxygen atoms in total. The van der Waals surface area contributed by atoms with Gasteiger partial charge in [0.2, 0.25) is 0 Å². The van der Waals surface area contributed by atoms with E-state index in [1.165, 1.54) is 0 Å². The minimum atomic E-state index is -0.295. The molecule has 0 aliphatic heterocycles. The Morgan fingerprint density at radius 3 is 2.40 bits per heavy atom. The molecule has 1 rings (SSSR count). The second-order valence-corrected chi connectivity index (χ2v) is 4.90. The number of rotatable bonds is 8. The van der Waals surface area contributed by atoms with E-state index in [1.54, 1.807) is 13.1 Å². The normalized spacial score (nSPS) is 10.7. The summed E-state index contributed by atoms with van der Waals surface area (Å²) >= 11 is 0. The summed E-state index contributed by atoms with van der Waals surface area (Å²) in [6, 6.07) is 5.45. The first kappa shape index (κ1) is 16.3. The molecule has 1 aromatic rings. The van der Waals surface area contributed by atoms with Crippen molar-refractivity contribution in [2.75, 3.05) is 30.4 Å². The molecule has 0 amide bonds. The smallest absolute Gasteiger partial charge is 0.315 e. The molecule has 0 saturated carbocycles. The highest BCUT2D eigenvalue weighted by Crippen LogP contribution is 2.35. The van der Waals surface area contributed by atoms with Crippen molar-refractivity contribution in [1.29, 1.82) is 0 Å². The molecule has 1 N–H and O–H groups in total. The van der Waals surface area contributed by atoms with Crippen LogP contribution < -0.4 is 10.2 Å². The zero-order valence-electron chi connectivity index (χ0n) is 12.8. The minimum Gasteiger partial charge on any atom is -0.382 e. The van der Waals surface area contributed by atoms with E-state index >= 15 is 0 Å². The molecule has 0 aliphatic rings. The maximum absolute atomic E-state index is 11.4. The Bertz CT molecular complexity index is 445. The summed E-state index contributed by atoms with van der Waals surface area (Å²) in [5, 5.41) is 14.3. The Labute approximate surface area is 121 Å².